The van der Waals surface area contributed by atoms with Crippen molar-refractivity contribution in [2.75, 3.05) is 13.1 Å². The highest BCUT2D eigenvalue weighted by Gasteiger charge is 2.44. The molecule has 4 nitrogen and oxygen atoms in total. The van der Waals surface area contributed by atoms with Gasteiger partial charge >= 0.3 is 0 Å². The quantitative estimate of drug-likeness (QED) is 0.900. The van der Waals surface area contributed by atoms with Gasteiger partial charge in [0.15, 0.2) is 4.90 Å². The number of fused-ring (bicyclic) bond motifs is 2. The van der Waals surface area contributed by atoms with E-state index in [9.17, 15) is 17.2 Å². The SMILES string of the molecule is O=S(=O)(c1c(F)cccc1F)N1C2CCNCC1CC2. The van der Waals surface area contributed by atoms with Gasteiger partial charge in [0.1, 0.15) is 11.6 Å². The number of hydrogen-bond acceptors (Lipinski definition) is 3. The van der Waals surface area contributed by atoms with Crippen molar-refractivity contribution < 1.29 is 17.2 Å². The summed E-state index contributed by atoms with van der Waals surface area (Å²) in [6.07, 6.45) is 2.15. The summed E-state index contributed by atoms with van der Waals surface area (Å²) < 4.78 is 54.3. The number of benzene rings is 1. The molecule has 2 fully saturated rings. The predicted molar refractivity (Wildman–Crippen MR) is 69.7 cm³/mol. The van der Waals surface area contributed by atoms with Crippen LogP contribution >= 0.6 is 0 Å². The van der Waals surface area contributed by atoms with Gasteiger partial charge in [0.05, 0.1) is 0 Å². The Morgan fingerprint density at radius 2 is 1.75 bits per heavy atom. The maximum atomic E-state index is 13.8. The molecule has 110 valence electrons. The lowest BCUT2D eigenvalue weighted by Crippen LogP contribution is -2.43. The van der Waals surface area contributed by atoms with E-state index in [4.69, 9.17) is 0 Å². The summed E-state index contributed by atoms with van der Waals surface area (Å²) in [5, 5.41) is 3.17. The van der Waals surface area contributed by atoms with Crippen molar-refractivity contribution in [1.29, 1.82) is 0 Å². The predicted octanol–water partition coefficient (Wildman–Crippen LogP) is 1.48. The van der Waals surface area contributed by atoms with Crippen molar-refractivity contribution in [3.05, 3.63) is 29.8 Å². The van der Waals surface area contributed by atoms with Crippen molar-refractivity contribution in [2.24, 2.45) is 0 Å². The third-order valence-corrected chi connectivity index (χ3v) is 6.10. The van der Waals surface area contributed by atoms with E-state index in [1.54, 1.807) is 0 Å². The molecule has 7 heteroatoms. The lowest BCUT2D eigenvalue weighted by Gasteiger charge is -2.27. The molecule has 2 saturated heterocycles. The van der Waals surface area contributed by atoms with E-state index >= 15 is 0 Å². The molecule has 0 aliphatic carbocycles. The third-order valence-electron chi connectivity index (χ3n) is 4.04. The molecule has 2 aliphatic heterocycles. The number of sulfonamides is 1. The Bertz CT molecular complexity index is 587. The standard InChI is InChI=1S/C13H16F2N2O2S/c14-11-2-1-3-12(15)13(11)20(18,19)17-9-4-5-10(17)8-16-7-6-9/h1-3,9-10,16H,4-8H2. The zero-order chi connectivity index (χ0) is 14.3. The van der Waals surface area contributed by atoms with E-state index < -0.39 is 26.6 Å². The first-order valence-corrected chi connectivity index (χ1v) is 8.14. The zero-order valence-electron chi connectivity index (χ0n) is 10.9. The fraction of sp³-hybridized carbons (Fsp3) is 0.538. The second-order valence-corrected chi connectivity index (χ2v) is 7.04. The number of hydrogen-bond donors (Lipinski definition) is 1. The van der Waals surface area contributed by atoms with Crippen LogP contribution in [0.15, 0.2) is 23.1 Å². The molecule has 3 rings (SSSR count). The molecule has 2 bridgehead atoms. The summed E-state index contributed by atoms with van der Waals surface area (Å²) in [4.78, 5) is -0.821. The average Bonchev–Trinajstić information content (AvgIpc) is 2.63. The Morgan fingerprint density at radius 3 is 2.45 bits per heavy atom. The molecule has 2 unspecified atom stereocenters. The summed E-state index contributed by atoms with van der Waals surface area (Å²) in [6, 6.07) is 2.75. The van der Waals surface area contributed by atoms with Crippen molar-refractivity contribution >= 4 is 10.0 Å². The average molecular weight is 302 g/mol. The molecule has 2 atom stereocenters. The lowest BCUT2D eigenvalue weighted by molar-refractivity contribution is 0.330. The molecule has 1 aromatic rings. The van der Waals surface area contributed by atoms with Crippen LogP contribution in [0.2, 0.25) is 0 Å². The van der Waals surface area contributed by atoms with Gasteiger partial charge < -0.3 is 5.32 Å². The van der Waals surface area contributed by atoms with Crippen LogP contribution in [-0.2, 0) is 10.0 Å². The molecule has 0 spiro atoms. The Labute approximate surface area is 116 Å². The van der Waals surface area contributed by atoms with Crippen LogP contribution in [0.5, 0.6) is 0 Å². The summed E-state index contributed by atoms with van der Waals surface area (Å²) in [5.74, 6) is -2.05. The highest BCUT2D eigenvalue weighted by atomic mass is 32.2. The molecule has 0 aromatic heterocycles. The summed E-state index contributed by atoms with van der Waals surface area (Å²) in [6.45, 7) is 1.26. The molecular formula is C13H16F2N2O2S. The summed E-state index contributed by atoms with van der Waals surface area (Å²) >= 11 is 0. The Hall–Kier alpha value is -1.05. The van der Waals surface area contributed by atoms with Crippen LogP contribution in [0.4, 0.5) is 8.78 Å². The van der Waals surface area contributed by atoms with Crippen molar-refractivity contribution in [3.8, 4) is 0 Å². The third kappa shape index (κ3) is 2.13. The maximum Gasteiger partial charge on any atom is 0.249 e. The Kier molecular flexibility index (Phi) is 3.51. The maximum absolute atomic E-state index is 13.8. The zero-order valence-corrected chi connectivity index (χ0v) is 11.7. The van der Waals surface area contributed by atoms with E-state index in [2.05, 4.69) is 5.32 Å². The highest BCUT2D eigenvalue weighted by molar-refractivity contribution is 7.89. The molecule has 0 amide bonds. The van der Waals surface area contributed by atoms with Gasteiger partial charge in [-0.3, -0.25) is 0 Å². The molecular weight excluding hydrogens is 286 g/mol. The van der Waals surface area contributed by atoms with Crippen LogP contribution in [0.25, 0.3) is 0 Å². The number of halogens is 2. The van der Waals surface area contributed by atoms with Gasteiger partial charge in [0.2, 0.25) is 10.0 Å². The summed E-state index contributed by atoms with van der Waals surface area (Å²) in [7, 11) is -4.14. The smallest absolute Gasteiger partial charge is 0.249 e. The molecule has 0 saturated carbocycles. The van der Waals surface area contributed by atoms with Gasteiger partial charge in [-0.15, -0.1) is 0 Å². The Balaban J connectivity index is 2.08. The van der Waals surface area contributed by atoms with Crippen LogP contribution < -0.4 is 5.32 Å². The first-order valence-electron chi connectivity index (χ1n) is 6.70. The number of rotatable bonds is 2. The van der Waals surface area contributed by atoms with Crippen molar-refractivity contribution in [3.63, 3.8) is 0 Å². The number of nitrogens with zero attached hydrogens (tertiary/aromatic N) is 1. The van der Waals surface area contributed by atoms with Crippen molar-refractivity contribution in [1.82, 2.24) is 9.62 Å². The van der Waals surface area contributed by atoms with Gasteiger partial charge in [-0.1, -0.05) is 6.07 Å². The largest absolute Gasteiger partial charge is 0.315 e. The van der Waals surface area contributed by atoms with E-state index in [0.717, 1.165) is 31.5 Å². The van der Waals surface area contributed by atoms with Gasteiger partial charge in [-0.05, 0) is 37.9 Å². The first-order chi connectivity index (χ1) is 9.51. The molecule has 1 aromatic carbocycles. The van der Waals surface area contributed by atoms with Crippen LogP contribution in [0.1, 0.15) is 19.3 Å². The molecule has 2 aliphatic rings. The first kappa shape index (κ1) is 13.9. The molecule has 20 heavy (non-hydrogen) atoms. The van der Waals surface area contributed by atoms with E-state index in [-0.39, 0.29) is 12.1 Å². The van der Waals surface area contributed by atoms with E-state index in [1.807, 2.05) is 0 Å². The fourth-order valence-corrected chi connectivity index (χ4v) is 5.18. The van der Waals surface area contributed by atoms with Gasteiger partial charge in [-0.2, -0.15) is 4.31 Å². The van der Waals surface area contributed by atoms with Crippen LogP contribution in [0, 0.1) is 11.6 Å². The normalized spacial score (nSPS) is 27.5. The van der Waals surface area contributed by atoms with Crippen molar-refractivity contribution in [2.45, 2.75) is 36.2 Å². The highest BCUT2D eigenvalue weighted by Crippen LogP contribution is 2.35. The van der Waals surface area contributed by atoms with Crippen LogP contribution in [0.3, 0.4) is 0 Å². The van der Waals surface area contributed by atoms with Crippen LogP contribution in [-0.4, -0.2) is 37.9 Å². The second-order valence-electron chi connectivity index (χ2n) is 5.26. The molecule has 0 radical (unpaired) electrons. The number of nitrogens with one attached hydrogen (secondary N) is 1. The topological polar surface area (TPSA) is 49.4 Å². The minimum Gasteiger partial charge on any atom is -0.315 e. The van der Waals surface area contributed by atoms with Gasteiger partial charge in [0.25, 0.3) is 0 Å². The van der Waals surface area contributed by atoms with Gasteiger partial charge in [-0.25, -0.2) is 17.2 Å². The summed E-state index contributed by atoms with van der Waals surface area (Å²) in [5.41, 5.74) is 0. The minimum atomic E-state index is -4.14. The second kappa shape index (κ2) is 5.05. The lowest BCUT2D eigenvalue weighted by atomic mass is 10.1. The molecule has 2 heterocycles. The minimum absolute atomic E-state index is 0.168. The molecule has 1 N–H and O–H groups in total. The Morgan fingerprint density at radius 1 is 1.10 bits per heavy atom. The van der Waals surface area contributed by atoms with Gasteiger partial charge in [0, 0.05) is 18.6 Å². The van der Waals surface area contributed by atoms with E-state index in [1.165, 1.54) is 10.4 Å². The monoisotopic (exact) mass is 302 g/mol. The fourth-order valence-electron chi connectivity index (χ4n) is 3.17. The van der Waals surface area contributed by atoms with E-state index in [0.29, 0.717) is 13.0 Å².